The fraction of sp³-hybridized carbons (Fsp3) is 0.438. The van der Waals surface area contributed by atoms with Crippen LogP contribution in [0.2, 0.25) is 0 Å². The van der Waals surface area contributed by atoms with E-state index in [4.69, 9.17) is 0 Å². The van der Waals surface area contributed by atoms with Crippen molar-refractivity contribution in [2.45, 2.75) is 26.3 Å². The third-order valence-electron chi connectivity index (χ3n) is 3.93. The van der Waals surface area contributed by atoms with Gasteiger partial charge >= 0.3 is 0 Å². The highest BCUT2D eigenvalue weighted by atomic mass is 15.1. The molecule has 1 atom stereocenters. The Morgan fingerprint density at radius 2 is 2.16 bits per heavy atom. The van der Waals surface area contributed by atoms with Gasteiger partial charge in [-0.05, 0) is 38.8 Å². The van der Waals surface area contributed by atoms with E-state index < -0.39 is 0 Å². The van der Waals surface area contributed by atoms with Crippen LogP contribution in [0.3, 0.4) is 0 Å². The van der Waals surface area contributed by atoms with E-state index in [-0.39, 0.29) is 0 Å². The predicted octanol–water partition coefficient (Wildman–Crippen LogP) is 2.86. The maximum Gasteiger partial charge on any atom is 0.140 e. The molecule has 3 nitrogen and oxygen atoms in total. The minimum absolute atomic E-state index is 0.726. The minimum Gasteiger partial charge on any atom is -0.328 e. The molecule has 1 fully saturated rings. The summed E-state index contributed by atoms with van der Waals surface area (Å²) in [5.74, 6) is 1.83. The van der Waals surface area contributed by atoms with Gasteiger partial charge in [0.2, 0.25) is 0 Å². The van der Waals surface area contributed by atoms with Gasteiger partial charge in [0.05, 0.1) is 0 Å². The van der Waals surface area contributed by atoms with Crippen molar-refractivity contribution >= 4 is 0 Å². The zero-order chi connectivity index (χ0) is 13.1. The summed E-state index contributed by atoms with van der Waals surface area (Å²) < 4.78 is 2.37. The van der Waals surface area contributed by atoms with Crippen LogP contribution in [-0.4, -0.2) is 22.6 Å². The van der Waals surface area contributed by atoms with Gasteiger partial charge in [0.15, 0.2) is 0 Å². The summed E-state index contributed by atoms with van der Waals surface area (Å²) in [4.78, 5) is 4.59. The fourth-order valence-corrected chi connectivity index (χ4v) is 2.85. The smallest absolute Gasteiger partial charge is 0.140 e. The first kappa shape index (κ1) is 12.4. The van der Waals surface area contributed by atoms with E-state index in [1.807, 2.05) is 6.20 Å². The summed E-state index contributed by atoms with van der Waals surface area (Å²) in [6, 6.07) is 10.5. The maximum absolute atomic E-state index is 4.59. The Morgan fingerprint density at radius 1 is 1.32 bits per heavy atom. The van der Waals surface area contributed by atoms with Crippen LogP contribution in [0.1, 0.15) is 18.5 Å². The molecule has 2 aromatic rings. The quantitative estimate of drug-likeness (QED) is 0.914. The summed E-state index contributed by atoms with van der Waals surface area (Å²) >= 11 is 0. The van der Waals surface area contributed by atoms with Crippen molar-refractivity contribution < 1.29 is 0 Å². The number of aryl methyl sites for hydroxylation is 1. The Bertz CT molecular complexity index is 524. The monoisotopic (exact) mass is 255 g/mol. The molecule has 0 unspecified atom stereocenters. The Labute approximate surface area is 114 Å². The van der Waals surface area contributed by atoms with Crippen molar-refractivity contribution in [1.82, 2.24) is 14.9 Å². The lowest BCUT2D eigenvalue weighted by atomic mass is 9.99. The normalized spacial score (nSPS) is 19.5. The van der Waals surface area contributed by atoms with E-state index in [2.05, 4.69) is 52.1 Å². The molecule has 2 heterocycles. The van der Waals surface area contributed by atoms with E-state index in [0.29, 0.717) is 0 Å². The third kappa shape index (κ3) is 2.71. The van der Waals surface area contributed by atoms with Gasteiger partial charge in [-0.2, -0.15) is 0 Å². The first-order valence-electron chi connectivity index (χ1n) is 7.13. The van der Waals surface area contributed by atoms with Crippen LogP contribution in [-0.2, 0) is 6.54 Å². The van der Waals surface area contributed by atoms with Crippen LogP contribution in [0.4, 0.5) is 0 Å². The number of hydrogen-bond donors (Lipinski definition) is 1. The molecule has 1 aliphatic heterocycles. The van der Waals surface area contributed by atoms with Crippen molar-refractivity contribution in [2.24, 2.45) is 5.92 Å². The number of imidazole rings is 1. The highest BCUT2D eigenvalue weighted by Gasteiger charge is 2.17. The maximum atomic E-state index is 4.59. The highest BCUT2D eigenvalue weighted by molar-refractivity contribution is 5.55. The lowest BCUT2D eigenvalue weighted by Crippen LogP contribution is -2.32. The molecular formula is C16H21N3. The van der Waals surface area contributed by atoms with Crippen molar-refractivity contribution in [3.63, 3.8) is 0 Å². The largest absolute Gasteiger partial charge is 0.328 e. The fourth-order valence-electron chi connectivity index (χ4n) is 2.85. The first-order chi connectivity index (χ1) is 9.34. The SMILES string of the molecule is Cc1cnc(-c2ccccc2)n1C[C@@H]1CCCNC1. The van der Waals surface area contributed by atoms with Gasteiger partial charge in [0.25, 0.3) is 0 Å². The van der Waals surface area contributed by atoms with Crippen LogP contribution in [0.5, 0.6) is 0 Å². The molecule has 3 rings (SSSR count). The molecule has 19 heavy (non-hydrogen) atoms. The minimum atomic E-state index is 0.726. The number of rotatable bonds is 3. The van der Waals surface area contributed by atoms with Gasteiger partial charge in [-0.15, -0.1) is 0 Å². The van der Waals surface area contributed by atoms with E-state index >= 15 is 0 Å². The molecule has 100 valence electrons. The highest BCUT2D eigenvalue weighted by Crippen LogP contribution is 2.22. The van der Waals surface area contributed by atoms with Crippen LogP contribution < -0.4 is 5.32 Å². The molecule has 1 aromatic heterocycles. The average Bonchev–Trinajstić information content (AvgIpc) is 2.82. The molecule has 0 spiro atoms. The molecule has 0 bridgehead atoms. The number of hydrogen-bond acceptors (Lipinski definition) is 2. The van der Waals surface area contributed by atoms with Gasteiger partial charge in [-0.25, -0.2) is 4.98 Å². The second kappa shape index (κ2) is 5.57. The van der Waals surface area contributed by atoms with E-state index in [9.17, 15) is 0 Å². The van der Waals surface area contributed by atoms with Crippen LogP contribution in [0, 0.1) is 12.8 Å². The zero-order valence-corrected chi connectivity index (χ0v) is 11.5. The lowest BCUT2D eigenvalue weighted by Gasteiger charge is -2.24. The number of nitrogens with zero attached hydrogens (tertiary/aromatic N) is 2. The van der Waals surface area contributed by atoms with E-state index in [1.165, 1.54) is 30.6 Å². The van der Waals surface area contributed by atoms with E-state index in [0.717, 1.165) is 24.8 Å². The molecule has 1 aliphatic rings. The Hall–Kier alpha value is -1.61. The second-order valence-corrected chi connectivity index (χ2v) is 5.41. The van der Waals surface area contributed by atoms with Crippen molar-refractivity contribution in [1.29, 1.82) is 0 Å². The van der Waals surface area contributed by atoms with Crippen LogP contribution >= 0.6 is 0 Å². The molecule has 1 saturated heterocycles. The van der Waals surface area contributed by atoms with Gasteiger partial charge in [0.1, 0.15) is 5.82 Å². The predicted molar refractivity (Wildman–Crippen MR) is 78.0 cm³/mol. The first-order valence-corrected chi connectivity index (χ1v) is 7.13. The molecule has 1 N–H and O–H groups in total. The zero-order valence-electron chi connectivity index (χ0n) is 11.5. The number of benzene rings is 1. The number of aromatic nitrogens is 2. The molecule has 3 heteroatoms. The standard InChI is InChI=1S/C16H21N3/c1-13-10-18-16(15-7-3-2-4-8-15)19(13)12-14-6-5-9-17-11-14/h2-4,7-8,10,14,17H,5-6,9,11-12H2,1H3/t14-/m1/s1. The molecule has 0 saturated carbocycles. The Morgan fingerprint density at radius 3 is 2.89 bits per heavy atom. The number of nitrogens with one attached hydrogen (secondary N) is 1. The van der Waals surface area contributed by atoms with Crippen molar-refractivity contribution in [2.75, 3.05) is 13.1 Å². The van der Waals surface area contributed by atoms with Crippen LogP contribution in [0.25, 0.3) is 11.4 Å². The van der Waals surface area contributed by atoms with Crippen LogP contribution in [0.15, 0.2) is 36.5 Å². The summed E-state index contributed by atoms with van der Waals surface area (Å²) in [5, 5.41) is 3.49. The summed E-state index contributed by atoms with van der Waals surface area (Å²) in [6.07, 6.45) is 4.59. The topological polar surface area (TPSA) is 29.9 Å². The summed E-state index contributed by atoms with van der Waals surface area (Å²) in [7, 11) is 0. The average molecular weight is 255 g/mol. The Balaban J connectivity index is 1.86. The summed E-state index contributed by atoms with van der Waals surface area (Å²) in [5.41, 5.74) is 2.46. The molecular weight excluding hydrogens is 234 g/mol. The van der Waals surface area contributed by atoms with E-state index in [1.54, 1.807) is 0 Å². The van der Waals surface area contributed by atoms with Gasteiger partial charge < -0.3 is 9.88 Å². The molecule has 1 aromatic carbocycles. The lowest BCUT2D eigenvalue weighted by molar-refractivity contribution is 0.336. The number of piperidine rings is 1. The van der Waals surface area contributed by atoms with Gasteiger partial charge in [0, 0.05) is 24.0 Å². The third-order valence-corrected chi connectivity index (χ3v) is 3.93. The molecule has 0 amide bonds. The summed E-state index contributed by atoms with van der Waals surface area (Å²) in [6.45, 7) is 5.52. The van der Waals surface area contributed by atoms with Crippen molar-refractivity contribution in [3.8, 4) is 11.4 Å². The van der Waals surface area contributed by atoms with Gasteiger partial charge in [-0.1, -0.05) is 30.3 Å². The molecule has 0 radical (unpaired) electrons. The van der Waals surface area contributed by atoms with Gasteiger partial charge in [-0.3, -0.25) is 0 Å². The Kier molecular flexibility index (Phi) is 3.65. The second-order valence-electron chi connectivity index (χ2n) is 5.41. The van der Waals surface area contributed by atoms with Crippen molar-refractivity contribution in [3.05, 3.63) is 42.2 Å². The molecule has 0 aliphatic carbocycles.